The number of hydrogen-bond donors (Lipinski definition) is 6. The Morgan fingerprint density at radius 3 is 1.64 bits per heavy atom. The van der Waals surface area contributed by atoms with Crippen LogP contribution in [0.2, 0.25) is 0 Å². The lowest BCUT2D eigenvalue weighted by molar-refractivity contribution is -0.181. The van der Waals surface area contributed by atoms with Crippen molar-refractivity contribution < 1.29 is 64.1 Å². The van der Waals surface area contributed by atoms with Gasteiger partial charge >= 0.3 is 35.8 Å². The second-order valence-electron chi connectivity index (χ2n) is 4.88. The number of carboxylic acids is 5. The summed E-state index contributed by atoms with van der Waals surface area (Å²) in [6, 6.07) is 0. The maximum Gasteiger partial charge on any atom is 0.345 e. The van der Waals surface area contributed by atoms with E-state index in [0.29, 0.717) is 0 Å². The molecule has 0 bridgehead atoms. The van der Waals surface area contributed by atoms with E-state index in [0.717, 1.165) is 0 Å². The normalized spacial score (nSPS) is 15.2. The first-order valence-electron chi connectivity index (χ1n) is 6.34. The molecule has 0 amide bonds. The summed E-state index contributed by atoms with van der Waals surface area (Å²) in [7, 11) is 0. The second-order valence-corrected chi connectivity index (χ2v) is 4.88. The van der Waals surface area contributed by atoms with E-state index in [1.165, 1.54) is 0 Å². The van der Waals surface area contributed by atoms with Crippen LogP contribution < -0.4 is 0 Å². The van der Waals surface area contributed by atoms with Crippen molar-refractivity contribution in [1.82, 2.24) is 0 Å². The molecule has 0 spiro atoms. The van der Waals surface area contributed by atoms with Gasteiger partial charge in [0.05, 0.1) is 19.3 Å². The van der Waals surface area contributed by atoms with E-state index in [9.17, 15) is 33.9 Å². The number of carbonyl (C=O) groups is 6. The first kappa shape index (κ1) is 21.8. The summed E-state index contributed by atoms with van der Waals surface area (Å²) in [4.78, 5) is 65.6. The maximum atomic E-state index is 11.6. The molecule has 0 aromatic carbocycles. The van der Waals surface area contributed by atoms with Gasteiger partial charge in [0.2, 0.25) is 6.10 Å². The van der Waals surface area contributed by atoms with Crippen LogP contribution in [-0.2, 0) is 33.5 Å². The average Bonchev–Trinajstić information content (AvgIpc) is 2.40. The topological polar surface area (TPSA) is 233 Å². The van der Waals surface area contributed by atoms with Crippen LogP contribution in [0.15, 0.2) is 0 Å². The number of ether oxygens (including phenoxy) is 1. The molecule has 0 radical (unpaired) electrons. The fourth-order valence-electron chi connectivity index (χ4n) is 1.70. The molecule has 0 aliphatic carbocycles. The van der Waals surface area contributed by atoms with Gasteiger partial charge in [-0.2, -0.15) is 0 Å². The van der Waals surface area contributed by atoms with Gasteiger partial charge in [0.15, 0.2) is 5.60 Å². The van der Waals surface area contributed by atoms with Gasteiger partial charge in [0, 0.05) is 0 Å². The molecular formula is C12H14O13. The summed E-state index contributed by atoms with van der Waals surface area (Å²) in [6.07, 6.45) is -6.65. The summed E-state index contributed by atoms with van der Waals surface area (Å²) >= 11 is 0. The van der Waals surface area contributed by atoms with E-state index in [1.807, 2.05) is 0 Å². The van der Waals surface area contributed by atoms with Crippen molar-refractivity contribution >= 4 is 35.8 Å². The van der Waals surface area contributed by atoms with Crippen LogP contribution in [0, 0.1) is 5.92 Å². The van der Waals surface area contributed by atoms with Gasteiger partial charge < -0.3 is 35.4 Å². The Kier molecular flexibility index (Phi) is 7.48. The van der Waals surface area contributed by atoms with Crippen LogP contribution in [-0.4, -0.2) is 78.2 Å². The standard InChI is InChI=1S/C12H14O13/c13-5(14)1-4(9(18)19)8(10(20)21)25-7(17)3-12(24,11(22)23)2-6(15)16/h4,8,24H,1-3H2,(H,13,14)(H,15,16)(H,18,19)(H,20,21)(H,22,23). The van der Waals surface area contributed by atoms with Crippen LogP contribution in [0.1, 0.15) is 19.3 Å². The Morgan fingerprint density at radius 1 is 0.800 bits per heavy atom. The SMILES string of the molecule is O=C(O)CC(C(=O)O)C(OC(=O)CC(O)(CC(=O)O)C(=O)O)C(=O)O. The van der Waals surface area contributed by atoms with Gasteiger partial charge in [-0.1, -0.05) is 0 Å². The Bertz CT molecular complexity index is 594. The van der Waals surface area contributed by atoms with E-state index in [4.69, 9.17) is 25.5 Å². The molecule has 0 aliphatic heterocycles. The molecule has 0 aromatic rings. The van der Waals surface area contributed by atoms with Gasteiger partial charge in [-0.15, -0.1) is 0 Å². The molecule has 0 aromatic heterocycles. The molecule has 3 unspecified atom stereocenters. The first-order valence-corrected chi connectivity index (χ1v) is 6.34. The zero-order valence-corrected chi connectivity index (χ0v) is 12.3. The maximum absolute atomic E-state index is 11.6. The minimum absolute atomic E-state index is 1.22. The van der Waals surface area contributed by atoms with Crippen LogP contribution in [0.3, 0.4) is 0 Å². The van der Waals surface area contributed by atoms with Gasteiger partial charge in [-0.05, 0) is 0 Å². The minimum atomic E-state index is -3.13. The van der Waals surface area contributed by atoms with Crippen molar-refractivity contribution in [3.8, 4) is 0 Å². The molecule has 3 atom stereocenters. The first-order chi connectivity index (χ1) is 11.3. The number of esters is 1. The molecule has 13 nitrogen and oxygen atoms in total. The molecule has 6 N–H and O–H groups in total. The average molecular weight is 366 g/mol. The number of hydrogen-bond acceptors (Lipinski definition) is 8. The zero-order valence-electron chi connectivity index (χ0n) is 12.3. The van der Waals surface area contributed by atoms with Crippen molar-refractivity contribution in [2.45, 2.75) is 31.0 Å². The lowest BCUT2D eigenvalue weighted by atomic mass is 9.95. The fraction of sp³-hybridized carbons (Fsp3) is 0.500. The van der Waals surface area contributed by atoms with Gasteiger partial charge in [0.1, 0.15) is 5.92 Å². The Labute approximate surface area is 138 Å². The largest absolute Gasteiger partial charge is 0.481 e. The molecule has 0 saturated carbocycles. The van der Waals surface area contributed by atoms with Gasteiger partial charge in [-0.25, -0.2) is 9.59 Å². The van der Waals surface area contributed by atoms with Gasteiger partial charge in [-0.3, -0.25) is 19.2 Å². The molecule has 0 rings (SSSR count). The number of carboxylic acid groups (broad SMARTS) is 5. The minimum Gasteiger partial charge on any atom is -0.481 e. The molecule has 0 fully saturated rings. The summed E-state index contributed by atoms with van der Waals surface area (Å²) in [5.74, 6) is -13.5. The van der Waals surface area contributed by atoms with E-state index in [2.05, 4.69) is 4.74 Å². The van der Waals surface area contributed by atoms with E-state index < -0.39 is 72.7 Å². The Hall–Kier alpha value is -3.22. The number of aliphatic hydroxyl groups is 1. The molecule has 0 aliphatic rings. The Morgan fingerprint density at radius 2 is 1.32 bits per heavy atom. The highest BCUT2D eigenvalue weighted by Gasteiger charge is 2.44. The summed E-state index contributed by atoms with van der Waals surface area (Å²) in [5, 5.41) is 53.3. The van der Waals surface area contributed by atoms with Crippen LogP contribution >= 0.6 is 0 Å². The third-order valence-electron chi connectivity index (χ3n) is 2.86. The third kappa shape index (κ3) is 6.82. The van der Waals surface area contributed by atoms with Gasteiger partial charge in [0.25, 0.3) is 0 Å². The summed E-state index contributed by atoms with van der Waals surface area (Å²) < 4.78 is 4.26. The smallest absolute Gasteiger partial charge is 0.345 e. The predicted molar refractivity (Wildman–Crippen MR) is 70.3 cm³/mol. The van der Waals surface area contributed by atoms with Crippen molar-refractivity contribution in [3.63, 3.8) is 0 Å². The molecule has 140 valence electrons. The lowest BCUT2D eigenvalue weighted by Gasteiger charge is -2.23. The number of carbonyl (C=O) groups excluding carboxylic acids is 1. The zero-order chi connectivity index (χ0) is 19.9. The number of rotatable bonds is 11. The van der Waals surface area contributed by atoms with Crippen molar-refractivity contribution in [2.75, 3.05) is 0 Å². The molecular weight excluding hydrogens is 352 g/mol. The fourth-order valence-corrected chi connectivity index (χ4v) is 1.70. The second kappa shape index (κ2) is 8.58. The van der Waals surface area contributed by atoms with E-state index >= 15 is 0 Å². The van der Waals surface area contributed by atoms with Crippen LogP contribution in [0.5, 0.6) is 0 Å². The quantitative estimate of drug-likeness (QED) is 0.214. The highest BCUT2D eigenvalue weighted by molar-refractivity contribution is 5.90. The highest BCUT2D eigenvalue weighted by Crippen LogP contribution is 2.20. The van der Waals surface area contributed by atoms with E-state index in [-0.39, 0.29) is 0 Å². The molecule has 13 heteroatoms. The van der Waals surface area contributed by atoms with Crippen molar-refractivity contribution in [2.24, 2.45) is 5.92 Å². The van der Waals surface area contributed by atoms with Crippen molar-refractivity contribution in [1.29, 1.82) is 0 Å². The van der Waals surface area contributed by atoms with E-state index in [1.54, 1.807) is 0 Å². The molecule has 0 saturated heterocycles. The lowest BCUT2D eigenvalue weighted by Crippen LogP contribution is -2.45. The number of aliphatic carboxylic acids is 5. The molecule has 25 heavy (non-hydrogen) atoms. The Balaban J connectivity index is 5.38. The summed E-state index contributed by atoms with van der Waals surface area (Å²) in [5.41, 5.74) is -3.13. The van der Waals surface area contributed by atoms with Crippen LogP contribution in [0.25, 0.3) is 0 Å². The monoisotopic (exact) mass is 366 g/mol. The summed E-state index contributed by atoms with van der Waals surface area (Å²) in [6.45, 7) is 0. The molecule has 0 heterocycles. The van der Waals surface area contributed by atoms with Crippen LogP contribution in [0.4, 0.5) is 0 Å². The highest BCUT2D eigenvalue weighted by atomic mass is 16.6. The van der Waals surface area contributed by atoms with Crippen molar-refractivity contribution in [3.05, 3.63) is 0 Å². The third-order valence-corrected chi connectivity index (χ3v) is 2.86. The predicted octanol–water partition coefficient (Wildman–Crippen LogP) is -2.16.